The zero-order valence-corrected chi connectivity index (χ0v) is 76.8. The predicted molar refractivity (Wildman–Crippen MR) is 585 cm³/mol. The Morgan fingerprint density at radius 2 is 0.319 bits per heavy atom. The van der Waals surface area contributed by atoms with Crippen molar-refractivity contribution in [3.05, 3.63) is 508 Å². The Kier molecular flexibility index (Phi) is 19.4. The van der Waals surface area contributed by atoms with Gasteiger partial charge in [-0.15, -0.1) is 0 Å². The first-order chi connectivity index (χ1) is 68.2. The molecule has 8 heterocycles. The van der Waals surface area contributed by atoms with Gasteiger partial charge in [0.05, 0.1) is 88.3 Å². The molecular weight excluding hydrogens is 1670 g/mol. The van der Waals surface area contributed by atoms with Gasteiger partial charge in [-0.3, -0.25) is 0 Å². The third kappa shape index (κ3) is 13.0. The van der Waals surface area contributed by atoms with Crippen LogP contribution in [0.5, 0.6) is 0 Å². The van der Waals surface area contributed by atoms with Crippen LogP contribution in [0.3, 0.4) is 0 Å². The number of aryl methyl sites for hydroxylation is 4. The lowest BCUT2D eigenvalue weighted by Crippen LogP contribution is -1.98. The van der Waals surface area contributed by atoms with E-state index in [0.717, 1.165) is 0 Å². The summed E-state index contributed by atoms with van der Waals surface area (Å²) < 4.78 is 19.4. The minimum atomic E-state index is 1.17. The quantitative estimate of drug-likeness (QED) is 0.138. The Morgan fingerprint density at radius 3 is 0.659 bits per heavy atom. The van der Waals surface area contributed by atoms with E-state index in [4.69, 9.17) is 0 Å². The monoisotopic (exact) mass is 1760 g/mol. The van der Waals surface area contributed by atoms with Crippen molar-refractivity contribution in [3.63, 3.8) is 0 Å². The molecule has 652 valence electrons. The summed E-state index contributed by atoms with van der Waals surface area (Å²) in [7, 11) is 0. The molecule has 0 N–H and O–H groups in total. The van der Waals surface area contributed by atoms with Crippen LogP contribution in [-0.4, -0.2) is 36.5 Å². The van der Waals surface area contributed by atoms with Gasteiger partial charge in [-0.25, -0.2) is 0 Å². The maximum atomic E-state index is 2.45. The van der Waals surface area contributed by atoms with E-state index in [1.807, 2.05) is 0 Å². The molecule has 0 aliphatic heterocycles. The third-order valence-electron chi connectivity index (χ3n) is 28.2. The van der Waals surface area contributed by atoms with Gasteiger partial charge in [0.2, 0.25) is 0 Å². The highest BCUT2D eigenvalue weighted by Crippen LogP contribution is 2.49. The van der Waals surface area contributed by atoms with Crippen molar-refractivity contribution in [3.8, 4) is 56.6 Å². The summed E-state index contributed by atoms with van der Waals surface area (Å²) in [6, 6.07) is 175. The third-order valence-corrected chi connectivity index (χ3v) is 28.2. The van der Waals surface area contributed by atoms with Crippen molar-refractivity contribution < 1.29 is 0 Å². The second-order valence-corrected chi connectivity index (χ2v) is 36.5. The molecule has 8 heteroatoms. The lowest BCUT2D eigenvalue weighted by molar-refractivity contribution is 1.14. The van der Waals surface area contributed by atoms with Crippen LogP contribution in [-0.2, 0) is 0 Å². The fraction of sp³-hybridized carbons (Fsp3) is 0.0308. The van der Waals surface area contributed by atoms with Crippen LogP contribution >= 0.6 is 0 Å². The summed E-state index contributed by atoms with van der Waals surface area (Å²) in [6.45, 7) is 8.64. The molecule has 0 unspecified atom stereocenters. The van der Waals surface area contributed by atoms with Gasteiger partial charge in [0.1, 0.15) is 0 Å². The molecule has 0 amide bonds. The normalized spacial score (nSPS) is 11.8. The number of nitrogens with zero attached hydrogens (tertiary/aromatic N) is 8. The second kappa shape index (κ2) is 33.0. The number of rotatable bonds is 9. The molecular formula is C130H92N8. The Hall–Kier alpha value is -18.0. The molecule has 0 fully saturated rings. The lowest BCUT2D eigenvalue weighted by Gasteiger charge is -2.12. The molecule has 138 heavy (non-hydrogen) atoms. The van der Waals surface area contributed by atoms with Gasteiger partial charge in [0.15, 0.2) is 0 Å². The summed E-state index contributed by atoms with van der Waals surface area (Å²) in [4.78, 5) is 0. The first kappa shape index (κ1) is 80.8. The van der Waals surface area contributed by atoms with Crippen molar-refractivity contribution in [2.24, 2.45) is 0 Å². The van der Waals surface area contributed by atoms with Gasteiger partial charge in [-0.05, 0) is 231 Å². The van der Waals surface area contributed by atoms with Crippen LogP contribution < -0.4 is 0 Å². The summed E-state index contributed by atoms with van der Waals surface area (Å²) >= 11 is 0. The zero-order chi connectivity index (χ0) is 91.7. The maximum Gasteiger partial charge on any atom is 0.0788 e. The van der Waals surface area contributed by atoms with Crippen molar-refractivity contribution in [2.75, 3.05) is 0 Å². The van der Waals surface area contributed by atoms with Crippen molar-refractivity contribution in [2.45, 2.75) is 27.7 Å². The van der Waals surface area contributed by atoms with E-state index in [-0.39, 0.29) is 0 Å². The predicted octanol–water partition coefficient (Wildman–Crippen LogP) is 34.4. The molecule has 0 bridgehead atoms. The highest BCUT2D eigenvalue weighted by Gasteiger charge is 2.28. The molecule has 0 saturated carbocycles. The molecule has 0 aliphatic carbocycles. The van der Waals surface area contributed by atoms with Crippen LogP contribution in [0, 0.1) is 27.7 Å². The average molecular weight is 1770 g/mol. The van der Waals surface area contributed by atoms with Crippen LogP contribution in [0.25, 0.3) is 231 Å². The van der Waals surface area contributed by atoms with Crippen LogP contribution in [0.1, 0.15) is 22.3 Å². The van der Waals surface area contributed by atoms with E-state index in [1.165, 1.54) is 253 Å². The number of para-hydroxylation sites is 11. The number of fused-ring (bicyclic) bond motifs is 28. The minimum Gasteiger partial charge on any atom is -0.309 e. The highest BCUT2D eigenvalue weighted by molar-refractivity contribution is 6.31. The first-order valence-electron chi connectivity index (χ1n) is 47.6. The van der Waals surface area contributed by atoms with Gasteiger partial charge in [0, 0.05) is 132 Å². The topological polar surface area (TPSA) is 39.4 Å². The van der Waals surface area contributed by atoms with E-state index in [0.29, 0.717) is 0 Å². The van der Waals surface area contributed by atoms with E-state index in [2.05, 4.69) is 550 Å². The van der Waals surface area contributed by atoms with Crippen molar-refractivity contribution >= 4 is 174 Å². The Bertz CT molecular complexity index is 9880. The molecule has 8 aromatic heterocycles. The SMILES string of the molecule is Cc1cccc(-n2c3ccccc3c3c2ccc2c4ccccc4n(-c4ccccc4)c23)c1.Cc1cccc(-n2c3ccccc3c3c4c5ccccc5n(-c5cccc(-c6ccccc6)c5)c4ccc32)c1.Cc1cccc(-n2c3ccccc3c3ccc4c(c5ccccc5n4-c4ccccc4)c32)c1.Cc1cccc(-n2c3ccccc3c3ccc4c5ccccc5n(-c5ccccc5)c4c32)c1. The molecule has 0 spiro atoms. The van der Waals surface area contributed by atoms with Gasteiger partial charge in [-0.1, -0.05) is 315 Å². The Balaban J connectivity index is 0.0000000953. The number of hydrogen-bond donors (Lipinski definition) is 0. The van der Waals surface area contributed by atoms with E-state index in [9.17, 15) is 0 Å². The van der Waals surface area contributed by atoms with Crippen LogP contribution in [0.2, 0.25) is 0 Å². The molecule has 0 saturated heterocycles. The van der Waals surface area contributed by atoms with Gasteiger partial charge >= 0.3 is 0 Å². The van der Waals surface area contributed by atoms with Gasteiger partial charge in [0.25, 0.3) is 0 Å². The zero-order valence-electron chi connectivity index (χ0n) is 76.8. The van der Waals surface area contributed by atoms with Crippen LogP contribution in [0.4, 0.5) is 0 Å². The lowest BCUT2D eigenvalue weighted by atomic mass is 10.0. The van der Waals surface area contributed by atoms with E-state index >= 15 is 0 Å². The number of hydrogen-bond acceptors (Lipinski definition) is 0. The summed E-state index contributed by atoms with van der Waals surface area (Å²) in [5.41, 5.74) is 36.8. The van der Waals surface area contributed by atoms with Gasteiger partial charge < -0.3 is 36.5 Å². The van der Waals surface area contributed by atoms with E-state index in [1.54, 1.807) is 0 Å². The fourth-order valence-corrected chi connectivity index (χ4v) is 22.5. The van der Waals surface area contributed by atoms with E-state index < -0.39 is 0 Å². The largest absolute Gasteiger partial charge is 0.309 e. The maximum absolute atomic E-state index is 2.45. The first-order valence-corrected chi connectivity index (χ1v) is 47.6. The molecule has 8 nitrogen and oxygen atoms in total. The van der Waals surface area contributed by atoms with Crippen molar-refractivity contribution in [1.29, 1.82) is 0 Å². The smallest absolute Gasteiger partial charge is 0.0788 e. The summed E-state index contributed by atoms with van der Waals surface area (Å²) in [6.07, 6.45) is 0. The highest BCUT2D eigenvalue weighted by atomic mass is 15.1. The molecule has 0 aliphatic rings. The number of aromatic nitrogens is 8. The molecule has 29 aromatic rings. The molecule has 29 rings (SSSR count). The Labute approximate surface area is 797 Å². The standard InChI is InChI=1S/C37H26N2.3C31H22N2/c1-25-11-9-15-28(23-25)38-32-19-7-5-17-30(32)36-34(38)21-22-35-37(36)31-18-6-8-20-33(31)39(35)29-16-10-14-27(24-29)26-12-3-2-4-13-26;1-21-10-9-13-23(20-21)32-28-17-8-6-15-26(28)30-29(32)19-18-25-24-14-5-7-16-27(24)33(31(25)30)22-11-3-2-4-12-22;1-21-10-9-13-23(20-21)33-27-16-7-5-14-24(27)25-18-19-29-30(31(25)33)26-15-6-8-17-28(26)32(29)22-11-3-2-4-12-22;1-21-10-9-13-23(20-21)33-29-17-8-6-15-25(29)27-19-18-26-24-14-5-7-16-28(24)32(30(26)31(27)33)22-11-3-2-4-12-22/h2-24H,1H3;3*2-20H,1H3. The van der Waals surface area contributed by atoms with Gasteiger partial charge in [-0.2, -0.15) is 0 Å². The number of benzene rings is 21. The summed E-state index contributed by atoms with van der Waals surface area (Å²) in [5.74, 6) is 0. The fourth-order valence-electron chi connectivity index (χ4n) is 22.5. The van der Waals surface area contributed by atoms with Crippen LogP contribution in [0.15, 0.2) is 485 Å². The molecule has 21 aromatic carbocycles. The second-order valence-electron chi connectivity index (χ2n) is 36.5. The van der Waals surface area contributed by atoms with Crippen molar-refractivity contribution in [1.82, 2.24) is 36.5 Å². The summed E-state index contributed by atoms with van der Waals surface area (Å²) in [5, 5.41) is 20.6. The average Bonchev–Trinajstić information content (AvgIpc) is 1.56. The molecule has 0 radical (unpaired) electrons. The molecule has 0 atom stereocenters. The minimum absolute atomic E-state index is 1.17. The Morgan fingerprint density at radius 1 is 0.116 bits per heavy atom.